The number of carboxylic acids is 1. The molecule has 2 rings (SSSR count). The average molecular weight is 291 g/mol. The zero-order chi connectivity index (χ0) is 12.4. The van der Waals surface area contributed by atoms with E-state index < -0.39 is 5.97 Å². The summed E-state index contributed by atoms with van der Waals surface area (Å²) in [5.74, 6) is -0.929. The van der Waals surface area contributed by atoms with E-state index in [0.29, 0.717) is 5.02 Å². The van der Waals surface area contributed by atoms with E-state index in [1.165, 1.54) is 6.07 Å². The van der Waals surface area contributed by atoms with Crippen molar-refractivity contribution in [1.82, 2.24) is 4.90 Å². The number of carbonyl (C=O) groups is 1. The SMILES string of the molecule is CN1CCN(c2ccc(Cl)cc2C(=O)O)CC1.Cl. The first-order chi connectivity index (χ1) is 8.08. The highest BCUT2D eigenvalue weighted by Crippen LogP contribution is 2.25. The van der Waals surface area contributed by atoms with Crippen molar-refractivity contribution in [3.63, 3.8) is 0 Å². The van der Waals surface area contributed by atoms with E-state index >= 15 is 0 Å². The van der Waals surface area contributed by atoms with Crippen LogP contribution in [0.5, 0.6) is 0 Å². The molecular weight excluding hydrogens is 275 g/mol. The fourth-order valence-electron chi connectivity index (χ4n) is 2.00. The van der Waals surface area contributed by atoms with E-state index in [9.17, 15) is 9.90 Å². The zero-order valence-corrected chi connectivity index (χ0v) is 11.7. The molecule has 0 aliphatic carbocycles. The number of anilines is 1. The van der Waals surface area contributed by atoms with Crippen molar-refractivity contribution in [2.45, 2.75) is 0 Å². The normalized spacial score (nSPS) is 16.2. The fourth-order valence-corrected chi connectivity index (χ4v) is 2.17. The first-order valence-corrected chi connectivity index (χ1v) is 5.92. The van der Waals surface area contributed by atoms with Gasteiger partial charge in [-0.25, -0.2) is 4.79 Å². The van der Waals surface area contributed by atoms with E-state index in [2.05, 4.69) is 16.8 Å². The lowest BCUT2D eigenvalue weighted by molar-refractivity contribution is 0.0697. The summed E-state index contributed by atoms with van der Waals surface area (Å²) in [6.45, 7) is 3.58. The number of halogens is 2. The minimum Gasteiger partial charge on any atom is -0.478 e. The second kappa shape index (κ2) is 6.27. The molecule has 0 unspecified atom stereocenters. The molecule has 0 atom stereocenters. The van der Waals surface area contributed by atoms with Crippen LogP contribution in [0.25, 0.3) is 0 Å². The first-order valence-electron chi connectivity index (χ1n) is 5.54. The second-order valence-corrected chi connectivity index (χ2v) is 4.69. The Balaban J connectivity index is 0.00000162. The summed E-state index contributed by atoms with van der Waals surface area (Å²) in [6, 6.07) is 5.04. The molecule has 18 heavy (non-hydrogen) atoms. The number of rotatable bonds is 2. The molecule has 0 bridgehead atoms. The van der Waals surface area contributed by atoms with Crippen LogP contribution in [0, 0.1) is 0 Å². The van der Waals surface area contributed by atoms with Crippen LogP contribution in [0.15, 0.2) is 18.2 Å². The predicted molar refractivity (Wildman–Crippen MR) is 75.4 cm³/mol. The van der Waals surface area contributed by atoms with Crippen LogP contribution >= 0.6 is 24.0 Å². The van der Waals surface area contributed by atoms with Gasteiger partial charge in [0.25, 0.3) is 0 Å². The Labute approximate surface area is 118 Å². The van der Waals surface area contributed by atoms with Gasteiger partial charge in [0, 0.05) is 31.2 Å². The lowest BCUT2D eigenvalue weighted by atomic mass is 10.1. The largest absolute Gasteiger partial charge is 0.478 e. The number of piperazine rings is 1. The summed E-state index contributed by atoms with van der Waals surface area (Å²) >= 11 is 5.83. The van der Waals surface area contributed by atoms with Crippen LogP contribution in [0.2, 0.25) is 5.02 Å². The number of carboxylic acid groups (broad SMARTS) is 1. The van der Waals surface area contributed by atoms with Gasteiger partial charge in [-0.1, -0.05) is 11.6 Å². The van der Waals surface area contributed by atoms with Crippen molar-refractivity contribution in [1.29, 1.82) is 0 Å². The molecule has 0 saturated carbocycles. The molecule has 100 valence electrons. The molecule has 6 heteroatoms. The molecule has 1 fully saturated rings. The molecule has 4 nitrogen and oxygen atoms in total. The highest BCUT2D eigenvalue weighted by atomic mass is 35.5. The van der Waals surface area contributed by atoms with Gasteiger partial charge in [0.1, 0.15) is 0 Å². The molecule has 0 spiro atoms. The molecule has 1 aromatic carbocycles. The van der Waals surface area contributed by atoms with Gasteiger partial charge in [-0.05, 0) is 25.2 Å². The standard InChI is InChI=1S/C12H15ClN2O2.ClH/c1-14-4-6-15(7-5-14)11-3-2-9(13)8-10(11)12(16)17;/h2-3,8H,4-7H2,1H3,(H,16,17);1H. The fraction of sp³-hybridized carbons (Fsp3) is 0.417. The van der Waals surface area contributed by atoms with Gasteiger partial charge in [-0.15, -0.1) is 12.4 Å². The number of aromatic carboxylic acids is 1. The minimum atomic E-state index is -0.929. The van der Waals surface area contributed by atoms with Crippen molar-refractivity contribution in [3.8, 4) is 0 Å². The van der Waals surface area contributed by atoms with Gasteiger partial charge in [0.2, 0.25) is 0 Å². The molecular formula is C12H16Cl2N2O2. The Morgan fingerprint density at radius 1 is 1.28 bits per heavy atom. The summed E-state index contributed by atoms with van der Waals surface area (Å²) in [6.07, 6.45) is 0. The van der Waals surface area contributed by atoms with Crippen molar-refractivity contribution in [2.75, 3.05) is 38.1 Å². The average Bonchev–Trinajstić information content (AvgIpc) is 2.30. The molecule has 1 heterocycles. The number of hydrogen-bond acceptors (Lipinski definition) is 3. The Kier molecular flexibility index (Phi) is 5.26. The summed E-state index contributed by atoms with van der Waals surface area (Å²) in [4.78, 5) is 15.5. The highest BCUT2D eigenvalue weighted by Gasteiger charge is 2.19. The number of likely N-dealkylation sites (N-methyl/N-ethyl adjacent to an activating group) is 1. The van der Waals surface area contributed by atoms with E-state index in [-0.39, 0.29) is 18.0 Å². The molecule has 1 saturated heterocycles. The van der Waals surface area contributed by atoms with Gasteiger partial charge in [0.05, 0.1) is 11.3 Å². The molecule has 0 radical (unpaired) electrons. The third-order valence-corrected chi connectivity index (χ3v) is 3.27. The van der Waals surface area contributed by atoms with Crippen molar-refractivity contribution < 1.29 is 9.90 Å². The van der Waals surface area contributed by atoms with Crippen LogP contribution in [0.3, 0.4) is 0 Å². The summed E-state index contributed by atoms with van der Waals surface area (Å²) in [5, 5.41) is 9.64. The Hall–Kier alpha value is -0.970. The maximum atomic E-state index is 11.2. The van der Waals surface area contributed by atoms with E-state index in [1.54, 1.807) is 12.1 Å². The summed E-state index contributed by atoms with van der Waals surface area (Å²) in [7, 11) is 2.07. The van der Waals surface area contributed by atoms with Crippen LogP contribution < -0.4 is 4.90 Å². The summed E-state index contributed by atoms with van der Waals surface area (Å²) in [5.41, 5.74) is 1.04. The Morgan fingerprint density at radius 2 is 1.89 bits per heavy atom. The van der Waals surface area contributed by atoms with Gasteiger partial charge in [0.15, 0.2) is 0 Å². The van der Waals surface area contributed by atoms with Crippen molar-refractivity contribution >= 4 is 35.7 Å². The maximum Gasteiger partial charge on any atom is 0.337 e. The molecule has 1 N–H and O–H groups in total. The summed E-state index contributed by atoms with van der Waals surface area (Å²) < 4.78 is 0. The predicted octanol–water partition coefficient (Wildman–Crippen LogP) is 2.21. The van der Waals surface area contributed by atoms with Crippen LogP contribution in [0.1, 0.15) is 10.4 Å². The highest BCUT2D eigenvalue weighted by molar-refractivity contribution is 6.31. The van der Waals surface area contributed by atoms with Gasteiger partial charge < -0.3 is 14.9 Å². The molecule has 0 aromatic heterocycles. The molecule has 1 aromatic rings. The minimum absolute atomic E-state index is 0. The van der Waals surface area contributed by atoms with Gasteiger partial charge >= 0.3 is 5.97 Å². The van der Waals surface area contributed by atoms with Crippen LogP contribution in [-0.4, -0.2) is 49.2 Å². The Morgan fingerprint density at radius 3 is 2.44 bits per heavy atom. The van der Waals surface area contributed by atoms with Crippen molar-refractivity contribution in [3.05, 3.63) is 28.8 Å². The molecule has 1 aliphatic rings. The quantitative estimate of drug-likeness (QED) is 0.907. The molecule has 1 aliphatic heterocycles. The monoisotopic (exact) mass is 290 g/mol. The topological polar surface area (TPSA) is 43.8 Å². The molecule has 0 amide bonds. The van der Waals surface area contributed by atoms with E-state index in [4.69, 9.17) is 11.6 Å². The van der Waals surface area contributed by atoms with E-state index in [0.717, 1.165) is 31.9 Å². The lowest BCUT2D eigenvalue weighted by Gasteiger charge is -2.34. The van der Waals surface area contributed by atoms with Gasteiger partial charge in [-0.3, -0.25) is 0 Å². The first kappa shape index (κ1) is 15.1. The Bertz CT molecular complexity index is 432. The number of benzene rings is 1. The number of nitrogens with zero attached hydrogens (tertiary/aromatic N) is 2. The maximum absolute atomic E-state index is 11.2. The lowest BCUT2D eigenvalue weighted by Crippen LogP contribution is -2.45. The smallest absolute Gasteiger partial charge is 0.337 e. The van der Waals surface area contributed by atoms with Crippen LogP contribution in [0.4, 0.5) is 5.69 Å². The van der Waals surface area contributed by atoms with E-state index in [1.807, 2.05) is 0 Å². The van der Waals surface area contributed by atoms with Crippen molar-refractivity contribution in [2.24, 2.45) is 0 Å². The van der Waals surface area contributed by atoms with Crippen LogP contribution in [-0.2, 0) is 0 Å². The number of hydrogen-bond donors (Lipinski definition) is 1. The zero-order valence-electron chi connectivity index (χ0n) is 10.1. The van der Waals surface area contributed by atoms with Gasteiger partial charge in [-0.2, -0.15) is 0 Å². The third kappa shape index (κ3) is 3.28. The third-order valence-electron chi connectivity index (χ3n) is 3.03. The second-order valence-electron chi connectivity index (χ2n) is 4.26.